The van der Waals surface area contributed by atoms with Crippen LogP contribution < -0.4 is 5.32 Å². The third-order valence-corrected chi connectivity index (χ3v) is 3.39. The van der Waals surface area contributed by atoms with E-state index < -0.39 is 0 Å². The zero-order valence-electron chi connectivity index (χ0n) is 11.0. The number of rotatable bonds is 5. The summed E-state index contributed by atoms with van der Waals surface area (Å²) in [6.07, 6.45) is 2.70. The lowest BCUT2D eigenvalue weighted by molar-refractivity contribution is 0.164. The van der Waals surface area contributed by atoms with Gasteiger partial charge in [0.15, 0.2) is 0 Å². The van der Waals surface area contributed by atoms with Crippen molar-refractivity contribution in [2.24, 2.45) is 5.92 Å². The first-order valence-electron chi connectivity index (χ1n) is 6.78. The maximum absolute atomic E-state index is 5.82. The Morgan fingerprint density at radius 1 is 1.41 bits per heavy atom. The van der Waals surface area contributed by atoms with Crippen molar-refractivity contribution in [3.8, 4) is 0 Å². The average Bonchev–Trinajstić information content (AvgIpc) is 2.74. The van der Waals surface area contributed by atoms with Gasteiger partial charge in [0.25, 0.3) is 0 Å². The van der Waals surface area contributed by atoms with Crippen LogP contribution in [-0.4, -0.2) is 24.5 Å². The van der Waals surface area contributed by atoms with E-state index >= 15 is 0 Å². The van der Waals surface area contributed by atoms with Gasteiger partial charge in [-0.1, -0.05) is 13.8 Å². The number of piperidine rings is 1. The van der Waals surface area contributed by atoms with E-state index in [4.69, 9.17) is 4.42 Å². The first-order valence-corrected chi connectivity index (χ1v) is 6.78. The summed E-state index contributed by atoms with van der Waals surface area (Å²) < 4.78 is 5.82. The number of furan rings is 1. The molecule has 1 aromatic rings. The van der Waals surface area contributed by atoms with Gasteiger partial charge in [-0.2, -0.15) is 0 Å². The topological polar surface area (TPSA) is 28.4 Å². The van der Waals surface area contributed by atoms with Crippen LogP contribution in [0.2, 0.25) is 0 Å². The van der Waals surface area contributed by atoms with Gasteiger partial charge in [-0.25, -0.2) is 0 Å². The second kappa shape index (κ2) is 6.22. The number of hydrogen-bond acceptors (Lipinski definition) is 3. The van der Waals surface area contributed by atoms with Crippen molar-refractivity contribution >= 4 is 0 Å². The lowest BCUT2D eigenvalue weighted by Gasteiger charge is -2.29. The Morgan fingerprint density at radius 3 is 3.00 bits per heavy atom. The van der Waals surface area contributed by atoms with E-state index in [1.54, 1.807) is 0 Å². The van der Waals surface area contributed by atoms with E-state index in [1.165, 1.54) is 25.9 Å². The van der Waals surface area contributed by atoms with Gasteiger partial charge in [0.05, 0.1) is 13.1 Å². The van der Waals surface area contributed by atoms with Gasteiger partial charge in [-0.15, -0.1) is 0 Å². The Balaban J connectivity index is 1.83. The molecule has 2 heterocycles. The van der Waals surface area contributed by atoms with E-state index in [-0.39, 0.29) is 0 Å². The van der Waals surface area contributed by atoms with Crippen molar-refractivity contribution in [3.63, 3.8) is 0 Å². The van der Waals surface area contributed by atoms with Crippen LogP contribution in [-0.2, 0) is 13.1 Å². The molecule has 1 aliphatic rings. The van der Waals surface area contributed by atoms with Crippen molar-refractivity contribution in [3.05, 3.63) is 23.7 Å². The quantitative estimate of drug-likeness (QED) is 0.852. The Bertz CT molecular complexity index is 335. The van der Waals surface area contributed by atoms with Crippen LogP contribution in [0.25, 0.3) is 0 Å². The molecule has 96 valence electrons. The fraction of sp³-hybridized carbons (Fsp3) is 0.714. The summed E-state index contributed by atoms with van der Waals surface area (Å²) >= 11 is 0. The summed E-state index contributed by atoms with van der Waals surface area (Å²) in [6, 6.07) is 4.21. The van der Waals surface area contributed by atoms with E-state index in [1.807, 2.05) is 0 Å². The molecular weight excluding hydrogens is 212 g/mol. The first-order chi connectivity index (χ1) is 8.28. The highest BCUT2D eigenvalue weighted by Crippen LogP contribution is 2.18. The van der Waals surface area contributed by atoms with Gasteiger partial charge in [0, 0.05) is 6.54 Å². The van der Waals surface area contributed by atoms with Crippen LogP contribution >= 0.6 is 0 Å². The molecule has 0 radical (unpaired) electrons. The molecule has 0 bridgehead atoms. The summed E-state index contributed by atoms with van der Waals surface area (Å²) in [7, 11) is 0. The molecule has 0 aliphatic carbocycles. The van der Waals surface area contributed by atoms with Gasteiger partial charge in [0.1, 0.15) is 11.5 Å². The molecule has 1 aliphatic heterocycles. The highest BCUT2D eigenvalue weighted by atomic mass is 16.3. The maximum atomic E-state index is 5.82. The highest BCUT2D eigenvalue weighted by molar-refractivity contribution is 5.07. The zero-order chi connectivity index (χ0) is 12.1. The molecule has 1 aromatic heterocycles. The molecule has 3 heteroatoms. The second-order valence-corrected chi connectivity index (χ2v) is 5.13. The lowest BCUT2D eigenvalue weighted by Crippen LogP contribution is -2.33. The Hall–Kier alpha value is -0.800. The molecule has 0 saturated carbocycles. The molecule has 1 atom stereocenters. The fourth-order valence-corrected chi connectivity index (χ4v) is 2.50. The van der Waals surface area contributed by atoms with Crippen LogP contribution in [0.5, 0.6) is 0 Å². The number of nitrogens with one attached hydrogen (secondary N) is 1. The monoisotopic (exact) mass is 236 g/mol. The molecule has 0 spiro atoms. The van der Waals surface area contributed by atoms with E-state index in [0.29, 0.717) is 0 Å². The summed E-state index contributed by atoms with van der Waals surface area (Å²) in [6.45, 7) is 9.67. The lowest BCUT2D eigenvalue weighted by atomic mass is 10.0. The van der Waals surface area contributed by atoms with E-state index in [2.05, 4.69) is 36.2 Å². The molecule has 1 unspecified atom stereocenters. The Labute approximate surface area is 104 Å². The molecule has 1 fully saturated rings. The standard InChI is InChI=1S/C14H24N2O/c1-3-15-9-13-6-7-14(17-13)11-16-8-4-5-12(2)10-16/h6-7,12,15H,3-5,8-11H2,1-2H3. The predicted molar refractivity (Wildman–Crippen MR) is 69.8 cm³/mol. The Morgan fingerprint density at radius 2 is 2.24 bits per heavy atom. The average molecular weight is 236 g/mol. The van der Waals surface area contributed by atoms with Gasteiger partial charge in [-0.3, -0.25) is 4.90 Å². The largest absolute Gasteiger partial charge is 0.463 e. The van der Waals surface area contributed by atoms with Gasteiger partial charge in [-0.05, 0) is 44.0 Å². The van der Waals surface area contributed by atoms with Crippen molar-refractivity contribution in [2.45, 2.75) is 39.8 Å². The first kappa shape index (κ1) is 12.7. The fourth-order valence-electron chi connectivity index (χ4n) is 2.50. The highest BCUT2D eigenvalue weighted by Gasteiger charge is 2.17. The molecule has 1 N–H and O–H groups in total. The van der Waals surface area contributed by atoms with Gasteiger partial charge < -0.3 is 9.73 Å². The molecule has 17 heavy (non-hydrogen) atoms. The normalized spacial score (nSPS) is 21.9. The second-order valence-electron chi connectivity index (χ2n) is 5.13. The molecular formula is C14H24N2O. The van der Waals surface area contributed by atoms with Crippen molar-refractivity contribution in [2.75, 3.05) is 19.6 Å². The van der Waals surface area contributed by atoms with Gasteiger partial charge in [0.2, 0.25) is 0 Å². The van der Waals surface area contributed by atoms with E-state index in [9.17, 15) is 0 Å². The SMILES string of the molecule is CCNCc1ccc(CN2CCCC(C)C2)o1. The third-order valence-electron chi connectivity index (χ3n) is 3.39. The third kappa shape index (κ3) is 3.86. The number of nitrogens with zero attached hydrogens (tertiary/aromatic N) is 1. The van der Waals surface area contributed by atoms with Crippen molar-refractivity contribution in [1.82, 2.24) is 10.2 Å². The minimum Gasteiger partial charge on any atom is -0.463 e. The van der Waals surface area contributed by atoms with Gasteiger partial charge >= 0.3 is 0 Å². The van der Waals surface area contributed by atoms with Crippen LogP contribution in [0.3, 0.4) is 0 Å². The van der Waals surface area contributed by atoms with Crippen molar-refractivity contribution in [1.29, 1.82) is 0 Å². The predicted octanol–water partition coefficient (Wildman–Crippen LogP) is 2.62. The minimum absolute atomic E-state index is 0.833. The van der Waals surface area contributed by atoms with Crippen LogP contribution in [0, 0.1) is 5.92 Å². The summed E-state index contributed by atoms with van der Waals surface area (Å²) in [5.74, 6) is 2.99. The molecule has 2 rings (SSSR count). The van der Waals surface area contributed by atoms with Crippen LogP contribution in [0.15, 0.2) is 16.5 Å². The number of likely N-dealkylation sites (tertiary alicyclic amines) is 1. The summed E-state index contributed by atoms with van der Waals surface area (Å²) in [4.78, 5) is 2.50. The number of hydrogen-bond donors (Lipinski definition) is 1. The van der Waals surface area contributed by atoms with Crippen LogP contribution in [0.1, 0.15) is 38.2 Å². The van der Waals surface area contributed by atoms with E-state index in [0.717, 1.165) is 37.1 Å². The molecule has 0 amide bonds. The molecule has 0 aromatic carbocycles. The Kier molecular flexibility index (Phi) is 4.63. The maximum Gasteiger partial charge on any atom is 0.118 e. The molecule has 3 nitrogen and oxygen atoms in total. The van der Waals surface area contributed by atoms with Crippen molar-refractivity contribution < 1.29 is 4.42 Å². The smallest absolute Gasteiger partial charge is 0.118 e. The minimum atomic E-state index is 0.833. The van der Waals surface area contributed by atoms with Crippen LogP contribution in [0.4, 0.5) is 0 Å². The zero-order valence-corrected chi connectivity index (χ0v) is 11.0. The molecule has 1 saturated heterocycles. The summed E-state index contributed by atoms with van der Waals surface area (Å²) in [5.41, 5.74) is 0. The summed E-state index contributed by atoms with van der Waals surface area (Å²) in [5, 5.41) is 3.28.